The predicted octanol–water partition coefficient (Wildman–Crippen LogP) is 4.59. The summed E-state index contributed by atoms with van der Waals surface area (Å²) in [5, 5.41) is 0. The summed E-state index contributed by atoms with van der Waals surface area (Å²) in [7, 11) is 0. The highest BCUT2D eigenvalue weighted by molar-refractivity contribution is 8.08. The zero-order valence-corrected chi connectivity index (χ0v) is 9.51. The number of hydrogen-bond donors (Lipinski definition) is 0. The molecule has 2 rings (SSSR count). The molecule has 0 fully saturated rings. The minimum absolute atomic E-state index is 0.204. The first-order valence-corrected chi connectivity index (χ1v) is 5.76. The van der Waals surface area contributed by atoms with E-state index in [-0.39, 0.29) is 5.82 Å². The fourth-order valence-corrected chi connectivity index (χ4v) is 2.17. The molecular weight excluding hydrogens is 219 g/mol. The molecule has 0 spiro atoms. The lowest BCUT2D eigenvalue weighted by atomic mass is 10.2. The molecule has 80 valence electrons. The van der Waals surface area contributed by atoms with Crippen LogP contribution in [0.5, 0.6) is 0 Å². The maximum absolute atomic E-state index is 13.4. The van der Waals surface area contributed by atoms with Crippen LogP contribution in [0.2, 0.25) is 0 Å². The summed E-state index contributed by atoms with van der Waals surface area (Å²) in [5.41, 5.74) is 1.02. The fraction of sp³-hybridized carbons (Fsp3) is 0. The molecule has 0 unspecified atom stereocenters. The van der Waals surface area contributed by atoms with E-state index in [1.807, 2.05) is 36.4 Å². The molecule has 2 aromatic carbocycles. The predicted molar refractivity (Wildman–Crippen MR) is 67.7 cm³/mol. The molecule has 0 heterocycles. The van der Waals surface area contributed by atoms with E-state index in [1.54, 1.807) is 12.1 Å². The first kappa shape index (κ1) is 11.0. The van der Waals surface area contributed by atoms with Crippen LogP contribution in [0.3, 0.4) is 0 Å². The van der Waals surface area contributed by atoms with Crippen molar-refractivity contribution >= 4 is 16.7 Å². The lowest BCUT2D eigenvalue weighted by Gasteiger charge is -2.06. The highest BCUT2D eigenvalue weighted by Crippen LogP contribution is 2.33. The van der Waals surface area contributed by atoms with Crippen molar-refractivity contribution in [3.63, 3.8) is 0 Å². The SMILES string of the molecule is C=C(Sc1ccccc1F)c1ccccc1. The molecule has 0 aliphatic heterocycles. The van der Waals surface area contributed by atoms with Crippen molar-refractivity contribution in [2.75, 3.05) is 0 Å². The van der Waals surface area contributed by atoms with Gasteiger partial charge in [0.15, 0.2) is 0 Å². The zero-order valence-electron chi connectivity index (χ0n) is 8.69. The third-order valence-electron chi connectivity index (χ3n) is 2.17. The molecule has 0 aromatic heterocycles. The van der Waals surface area contributed by atoms with Gasteiger partial charge in [0.2, 0.25) is 0 Å². The van der Waals surface area contributed by atoms with Gasteiger partial charge < -0.3 is 0 Å². The van der Waals surface area contributed by atoms with Crippen LogP contribution in [-0.2, 0) is 0 Å². The third kappa shape index (κ3) is 2.52. The Balaban J connectivity index is 2.18. The van der Waals surface area contributed by atoms with Gasteiger partial charge in [-0.15, -0.1) is 0 Å². The molecule has 0 N–H and O–H groups in total. The zero-order chi connectivity index (χ0) is 11.4. The minimum Gasteiger partial charge on any atom is -0.206 e. The lowest BCUT2D eigenvalue weighted by molar-refractivity contribution is 0.602. The van der Waals surface area contributed by atoms with Gasteiger partial charge in [-0.1, -0.05) is 60.8 Å². The largest absolute Gasteiger partial charge is 0.206 e. The number of benzene rings is 2. The van der Waals surface area contributed by atoms with Crippen LogP contribution in [0.15, 0.2) is 66.1 Å². The highest BCUT2D eigenvalue weighted by atomic mass is 32.2. The Morgan fingerprint density at radius 3 is 2.25 bits per heavy atom. The second kappa shape index (κ2) is 4.99. The van der Waals surface area contributed by atoms with Crippen LogP contribution in [-0.4, -0.2) is 0 Å². The van der Waals surface area contributed by atoms with Gasteiger partial charge in [-0.25, -0.2) is 4.39 Å². The Morgan fingerprint density at radius 1 is 0.938 bits per heavy atom. The lowest BCUT2D eigenvalue weighted by Crippen LogP contribution is -1.81. The van der Waals surface area contributed by atoms with E-state index in [9.17, 15) is 4.39 Å². The van der Waals surface area contributed by atoms with Crippen molar-refractivity contribution in [3.05, 3.63) is 72.6 Å². The first-order chi connectivity index (χ1) is 7.77. The van der Waals surface area contributed by atoms with Crippen molar-refractivity contribution in [2.24, 2.45) is 0 Å². The molecule has 0 aliphatic carbocycles. The van der Waals surface area contributed by atoms with E-state index in [1.165, 1.54) is 17.8 Å². The second-order valence-corrected chi connectivity index (χ2v) is 4.46. The number of hydrogen-bond acceptors (Lipinski definition) is 1. The van der Waals surface area contributed by atoms with Gasteiger partial charge in [-0.3, -0.25) is 0 Å². The number of rotatable bonds is 3. The van der Waals surface area contributed by atoms with Gasteiger partial charge in [0.25, 0.3) is 0 Å². The van der Waals surface area contributed by atoms with Crippen LogP contribution in [0, 0.1) is 5.82 Å². The molecule has 2 aromatic rings. The van der Waals surface area contributed by atoms with Crippen molar-refractivity contribution in [1.29, 1.82) is 0 Å². The second-order valence-electron chi connectivity index (χ2n) is 3.32. The maximum Gasteiger partial charge on any atom is 0.137 e. The minimum atomic E-state index is -0.204. The summed E-state index contributed by atoms with van der Waals surface area (Å²) in [6.45, 7) is 3.96. The Morgan fingerprint density at radius 2 is 1.56 bits per heavy atom. The molecule has 0 saturated carbocycles. The molecule has 0 atom stereocenters. The average Bonchev–Trinajstić information content (AvgIpc) is 2.33. The molecule has 0 amide bonds. The number of halogens is 1. The van der Waals surface area contributed by atoms with E-state index >= 15 is 0 Å². The third-order valence-corrected chi connectivity index (χ3v) is 3.20. The average molecular weight is 230 g/mol. The topological polar surface area (TPSA) is 0 Å². The summed E-state index contributed by atoms with van der Waals surface area (Å²) in [5.74, 6) is -0.204. The molecule has 0 nitrogen and oxygen atoms in total. The quantitative estimate of drug-likeness (QED) is 0.695. The maximum atomic E-state index is 13.4. The number of thioether (sulfide) groups is 1. The monoisotopic (exact) mass is 230 g/mol. The van der Waals surface area contributed by atoms with Crippen LogP contribution in [0.25, 0.3) is 4.91 Å². The summed E-state index contributed by atoms with van der Waals surface area (Å²) >= 11 is 1.35. The standard InChI is InChI=1S/C14H11FS/c1-11(12-7-3-2-4-8-12)16-14-10-6-5-9-13(14)15/h2-10H,1H2. The summed E-state index contributed by atoms with van der Waals surface area (Å²) in [6, 6.07) is 16.5. The Labute approximate surface area is 98.8 Å². The van der Waals surface area contributed by atoms with Crippen molar-refractivity contribution < 1.29 is 4.39 Å². The van der Waals surface area contributed by atoms with Crippen molar-refractivity contribution in [2.45, 2.75) is 4.90 Å². The molecule has 0 bridgehead atoms. The molecule has 2 heteroatoms. The van der Waals surface area contributed by atoms with Gasteiger partial charge in [0, 0.05) is 9.80 Å². The summed E-state index contributed by atoms with van der Waals surface area (Å²) < 4.78 is 13.4. The highest BCUT2D eigenvalue weighted by Gasteiger charge is 2.05. The van der Waals surface area contributed by atoms with Gasteiger partial charge in [-0.05, 0) is 17.7 Å². The molecule has 0 aliphatic rings. The van der Waals surface area contributed by atoms with Crippen LogP contribution < -0.4 is 0 Å². The van der Waals surface area contributed by atoms with Gasteiger partial charge in [0.1, 0.15) is 5.82 Å². The fourth-order valence-electron chi connectivity index (χ4n) is 1.34. The van der Waals surface area contributed by atoms with Crippen molar-refractivity contribution in [1.82, 2.24) is 0 Å². The van der Waals surface area contributed by atoms with E-state index in [2.05, 4.69) is 6.58 Å². The van der Waals surface area contributed by atoms with Gasteiger partial charge in [-0.2, -0.15) is 0 Å². The molecule has 0 saturated heterocycles. The van der Waals surface area contributed by atoms with Crippen LogP contribution in [0.4, 0.5) is 4.39 Å². The van der Waals surface area contributed by atoms with Crippen LogP contribution >= 0.6 is 11.8 Å². The summed E-state index contributed by atoms with van der Waals surface area (Å²) in [4.78, 5) is 1.46. The van der Waals surface area contributed by atoms with E-state index in [0.29, 0.717) is 4.90 Å². The van der Waals surface area contributed by atoms with E-state index in [0.717, 1.165) is 10.5 Å². The first-order valence-electron chi connectivity index (χ1n) is 4.94. The smallest absolute Gasteiger partial charge is 0.137 e. The molecular formula is C14H11FS. The van der Waals surface area contributed by atoms with Gasteiger partial charge >= 0.3 is 0 Å². The van der Waals surface area contributed by atoms with E-state index < -0.39 is 0 Å². The van der Waals surface area contributed by atoms with E-state index in [4.69, 9.17) is 0 Å². The van der Waals surface area contributed by atoms with Crippen LogP contribution in [0.1, 0.15) is 5.56 Å². The molecule has 0 radical (unpaired) electrons. The molecule has 16 heavy (non-hydrogen) atoms. The van der Waals surface area contributed by atoms with Gasteiger partial charge in [0.05, 0.1) is 0 Å². The Hall–Kier alpha value is -1.54. The summed E-state index contributed by atoms with van der Waals surface area (Å²) in [6.07, 6.45) is 0. The Kier molecular flexibility index (Phi) is 3.42. The normalized spacial score (nSPS) is 10.1. The van der Waals surface area contributed by atoms with Crippen molar-refractivity contribution in [3.8, 4) is 0 Å². The Bertz CT molecular complexity index is 491.